The highest BCUT2D eigenvalue weighted by Gasteiger charge is 2.26. The first-order valence-corrected chi connectivity index (χ1v) is 6.75. The number of morpholine rings is 1. The molecule has 1 atom stereocenters. The molecule has 2 aliphatic heterocycles. The average Bonchev–Trinajstić information content (AvgIpc) is 2.39. The van der Waals surface area contributed by atoms with Crippen molar-refractivity contribution in [1.82, 2.24) is 9.80 Å². The van der Waals surface area contributed by atoms with Crippen LogP contribution in [0, 0.1) is 0 Å². The number of amides is 1. The summed E-state index contributed by atoms with van der Waals surface area (Å²) in [5.41, 5.74) is 5.47. The zero-order valence-corrected chi connectivity index (χ0v) is 10.8. The molecule has 18 heavy (non-hydrogen) atoms. The van der Waals surface area contributed by atoms with Crippen molar-refractivity contribution in [2.45, 2.75) is 18.9 Å². The lowest BCUT2D eigenvalue weighted by molar-refractivity contribution is 0.00944. The van der Waals surface area contributed by atoms with Gasteiger partial charge in [0.15, 0.2) is 0 Å². The minimum Gasteiger partial charge on any atom is -0.446 e. The summed E-state index contributed by atoms with van der Waals surface area (Å²) < 4.78 is 10.6. The monoisotopic (exact) mass is 257 g/mol. The number of cyclic esters (lactones) is 1. The highest BCUT2D eigenvalue weighted by atomic mass is 16.6. The molecule has 0 saturated carbocycles. The Hall–Kier alpha value is -0.850. The van der Waals surface area contributed by atoms with E-state index in [0.717, 1.165) is 58.8 Å². The second-order valence-corrected chi connectivity index (χ2v) is 4.81. The third-order valence-electron chi connectivity index (χ3n) is 3.53. The third kappa shape index (κ3) is 3.83. The van der Waals surface area contributed by atoms with Gasteiger partial charge in [-0.05, 0) is 13.0 Å². The quantitative estimate of drug-likeness (QED) is 0.743. The number of carbonyl (C=O) groups excluding carboxylic acids is 1. The number of hydrogen-bond acceptors (Lipinski definition) is 5. The first-order valence-electron chi connectivity index (χ1n) is 6.75. The van der Waals surface area contributed by atoms with Crippen molar-refractivity contribution in [3.8, 4) is 0 Å². The molecule has 0 spiro atoms. The van der Waals surface area contributed by atoms with Gasteiger partial charge in [-0.3, -0.25) is 4.90 Å². The van der Waals surface area contributed by atoms with Gasteiger partial charge in [-0.1, -0.05) is 0 Å². The van der Waals surface area contributed by atoms with Gasteiger partial charge in [0.05, 0.1) is 13.2 Å². The van der Waals surface area contributed by atoms with Crippen molar-refractivity contribution in [2.24, 2.45) is 5.73 Å². The lowest BCUT2D eigenvalue weighted by Crippen LogP contribution is -2.47. The Labute approximate surface area is 108 Å². The number of rotatable bonds is 5. The minimum atomic E-state index is -0.187. The molecule has 2 fully saturated rings. The van der Waals surface area contributed by atoms with Crippen molar-refractivity contribution >= 4 is 6.09 Å². The van der Waals surface area contributed by atoms with Crippen molar-refractivity contribution in [1.29, 1.82) is 0 Å². The summed E-state index contributed by atoms with van der Waals surface area (Å²) in [6, 6.07) is 0. The maximum Gasteiger partial charge on any atom is 0.410 e. The molecule has 0 aromatic heterocycles. The fourth-order valence-electron chi connectivity index (χ4n) is 2.35. The molecule has 6 heteroatoms. The first kappa shape index (κ1) is 13.6. The number of hydrogen-bond donors (Lipinski definition) is 1. The van der Waals surface area contributed by atoms with Gasteiger partial charge in [0.1, 0.15) is 6.10 Å². The summed E-state index contributed by atoms with van der Waals surface area (Å²) in [7, 11) is 0. The Morgan fingerprint density at radius 1 is 1.22 bits per heavy atom. The van der Waals surface area contributed by atoms with Crippen LogP contribution in [0.5, 0.6) is 0 Å². The molecule has 6 nitrogen and oxygen atoms in total. The summed E-state index contributed by atoms with van der Waals surface area (Å²) in [4.78, 5) is 15.9. The molecule has 1 amide bonds. The molecular formula is C12H23N3O3. The standard InChI is InChI=1S/C12H23N3O3/c13-3-1-11-2-4-15(12(16)18-11)6-5-14-7-9-17-10-8-14/h11H,1-10,13H2. The lowest BCUT2D eigenvalue weighted by atomic mass is 10.1. The van der Waals surface area contributed by atoms with Crippen LogP contribution in [0.15, 0.2) is 0 Å². The molecule has 0 radical (unpaired) electrons. The van der Waals surface area contributed by atoms with E-state index in [0.29, 0.717) is 6.54 Å². The number of nitrogens with zero attached hydrogens (tertiary/aromatic N) is 2. The van der Waals surface area contributed by atoms with Crippen LogP contribution in [0.3, 0.4) is 0 Å². The molecule has 2 heterocycles. The van der Waals surface area contributed by atoms with Crippen LogP contribution >= 0.6 is 0 Å². The third-order valence-corrected chi connectivity index (χ3v) is 3.53. The normalized spacial score (nSPS) is 26.2. The fraction of sp³-hybridized carbons (Fsp3) is 0.917. The maximum atomic E-state index is 11.8. The van der Waals surface area contributed by atoms with E-state index >= 15 is 0 Å². The fourth-order valence-corrected chi connectivity index (χ4v) is 2.35. The largest absolute Gasteiger partial charge is 0.446 e. The van der Waals surface area contributed by atoms with E-state index in [9.17, 15) is 4.79 Å². The smallest absolute Gasteiger partial charge is 0.410 e. The molecule has 0 bridgehead atoms. The molecule has 0 aliphatic carbocycles. The van der Waals surface area contributed by atoms with Gasteiger partial charge in [-0.15, -0.1) is 0 Å². The zero-order valence-electron chi connectivity index (χ0n) is 10.8. The Bertz CT molecular complexity index is 269. The Morgan fingerprint density at radius 2 is 2.00 bits per heavy atom. The predicted octanol–water partition coefficient (Wildman–Crippen LogP) is -0.122. The van der Waals surface area contributed by atoms with E-state index in [1.165, 1.54) is 0 Å². The van der Waals surface area contributed by atoms with Gasteiger partial charge in [0.25, 0.3) is 0 Å². The van der Waals surface area contributed by atoms with Gasteiger partial charge < -0.3 is 20.1 Å². The lowest BCUT2D eigenvalue weighted by Gasteiger charge is -2.34. The SMILES string of the molecule is NCCC1CCN(CCN2CCOCC2)C(=O)O1. The highest BCUT2D eigenvalue weighted by Crippen LogP contribution is 2.14. The maximum absolute atomic E-state index is 11.8. The van der Waals surface area contributed by atoms with Crippen molar-refractivity contribution in [3.63, 3.8) is 0 Å². The van der Waals surface area contributed by atoms with E-state index in [-0.39, 0.29) is 12.2 Å². The van der Waals surface area contributed by atoms with Crippen LogP contribution in [-0.2, 0) is 9.47 Å². The molecule has 104 valence electrons. The minimum absolute atomic E-state index is 0.0159. The highest BCUT2D eigenvalue weighted by molar-refractivity contribution is 5.68. The molecule has 0 aromatic rings. The van der Waals surface area contributed by atoms with E-state index < -0.39 is 0 Å². The second kappa shape index (κ2) is 6.92. The van der Waals surface area contributed by atoms with Gasteiger partial charge in [0, 0.05) is 39.1 Å². The first-order chi connectivity index (χ1) is 8.79. The Morgan fingerprint density at radius 3 is 2.67 bits per heavy atom. The number of ether oxygens (including phenoxy) is 2. The summed E-state index contributed by atoms with van der Waals surface area (Å²) in [5.74, 6) is 0. The molecular weight excluding hydrogens is 234 g/mol. The van der Waals surface area contributed by atoms with Gasteiger partial charge >= 0.3 is 6.09 Å². The average molecular weight is 257 g/mol. The summed E-state index contributed by atoms with van der Waals surface area (Å²) >= 11 is 0. The van der Waals surface area contributed by atoms with Gasteiger partial charge in [-0.25, -0.2) is 4.79 Å². The topological polar surface area (TPSA) is 68.0 Å². The van der Waals surface area contributed by atoms with E-state index in [1.807, 2.05) is 0 Å². The van der Waals surface area contributed by atoms with Crippen molar-refractivity contribution in [3.05, 3.63) is 0 Å². The van der Waals surface area contributed by atoms with Crippen LogP contribution in [0.1, 0.15) is 12.8 Å². The van der Waals surface area contributed by atoms with Crippen LogP contribution in [0.25, 0.3) is 0 Å². The van der Waals surface area contributed by atoms with Crippen LogP contribution in [0.2, 0.25) is 0 Å². The number of nitrogens with two attached hydrogens (primary N) is 1. The van der Waals surface area contributed by atoms with E-state index in [2.05, 4.69) is 4.90 Å². The number of carbonyl (C=O) groups is 1. The molecule has 2 rings (SSSR count). The molecule has 0 aromatic carbocycles. The Kier molecular flexibility index (Phi) is 5.22. The van der Waals surface area contributed by atoms with Gasteiger partial charge in [-0.2, -0.15) is 0 Å². The second-order valence-electron chi connectivity index (χ2n) is 4.81. The zero-order chi connectivity index (χ0) is 12.8. The van der Waals surface area contributed by atoms with E-state index in [4.69, 9.17) is 15.2 Å². The van der Waals surface area contributed by atoms with Crippen LogP contribution in [-0.4, -0.2) is 74.5 Å². The van der Waals surface area contributed by atoms with Crippen molar-refractivity contribution < 1.29 is 14.3 Å². The van der Waals surface area contributed by atoms with Crippen molar-refractivity contribution in [2.75, 3.05) is 52.5 Å². The molecule has 2 saturated heterocycles. The van der Waals surface area contributed by atoms with Crippen LogP contribution < -0.4 is 5.73 Å². The Balaban J connectivity index is 1.68. The van der Waals surface area contributed by atoms with E-state index in [1.54, 1.807) is 4.90 Å². The summed E-state index contributed by atoms with van der Waals surface area (Å²) in [6.07, 6.45) is 1.49. The summed E-state index contributed by atoms with van der Waals surface area (Å²) in [6.45, 7) is 6.51. The predicted molar refractivity (Wildman–Crippen MR) is 67.4 cm³/mol. The van der Waals surface area contributed by atoms with Crippen LogP contribution in [0.4, 0.5) is 4.79 Å². The molecule has 2 N–H and O–H groups in total. The summed E-state index contributed by atoms with van der Waals surface area (Å²) in [5, 5.41) is 0. The molecule has 1 unspecified atom stereocenters. The van der Waals surface area contributed by atoms with Gasteiger partial charge in [0.2, 0.25) is 0 Å². The molecule has 2 aliphatic rings.